The summed E-state index contributed by atoms with van der Waals surface area (Å²) < 4.78 is 5.51. The standard InChI is InChI=1S/C22H32N4O2S/c1-16-7-8-17(19-6-5-13-29-19)15-24-20(18(16)14-23)25-9-11-26(12-10-25)21(27)28-22(2,3)4/h5-6,13,15H,7-12,14,23H2,1-4H3/b17-15+,18-16+,24-20+. The average molecular weight is 417 g/mol. The van der Waals surface area contributed by atoms with Crippen molar-refractivity contribution in [3.63, 3.8) is 0 Å². The second kappa shape index (κ2) is 9.13. The van der Waals surface area contributed by atoms with E-state index in [4.69, 9.17) is 15.5 Å². The first-order chi connectivity index (χ1) is 13.8. The Hall–Kier alpha value is -2.12. The molecule has 3 heterocycles. The van der Waals surface area contributed by atoms with Gasteiger partial charge >= 0.3 is 6.09 Å². The zero-order valence-corrected chi connectivity index (χ0v) is 18.7. The van der Waals surface area contributed by atoms with E-state index < -0.39 is 5.60 Å². The lowest BCUT2D eigenvalue weighted by Gasteiger charge is -2.38. The molecular formula is C22H32N4O2S. The fraction of sp³-hybridized carbons (Fsp3) is 0.545. The lowest BCUT2D eigenvalue weighted by atomic mass is 9.98. The fourth-order valence-electron chi connectivity index (χ4n) is 3.56. The predicted octanol–water partition coefficient (Wildman–Crippen LogP) is 4.11. The molecule has 0 radical (unpaired) electrons. The van der Waals surface area contributed by atoms with Crippen LogP contribution in [0.15, 0.2) is 39.9 Å². The maximum absolute atomic E-state index is 12.4. The van der Waals surface area contributed by atoms with E-state index in [0.29, 0.717) is 19.6 Å². The number of thiophene rings is 1. The Bertz CT molecular complexity index is 810. The van der Waals surface area contributed by atoms with E-state index in [9.17, 15) is 4.79 Å². The number of nitrogens with zero attached hydrogens (tertiary/aromatic N) is 3. The summed E-state index contributed by atoms with van der Waals surface area (Å²) in [5.41, 5.74) is 9.32. The number of amidine groups is 1. The molecule has 7 heteroatoms. The molecule has 2 aliphatic heterocycles. The maximum Gasteiger partial charge on any atom is 0.410 e. The number of aliphatic imine (C=N–C) groups is 1. The summed E-state index contributed by atoms with van der Waals surface area (Å²) in [6.45, 7) is 11.0. The first kappa shape index (κ1) is 21.6. The molecular weight excluding hydrogens is 384 g/mol. The van der Waals surface area contributed by atoms with Gasteiger partial charge in [0, 0.05) is 49.4 Å². The number of carbonyl (C=O) groups is 1. The maximum atomic E-state index is 12.4. The van der Waals surface area contributed by atoms with E-state index in [1.807, 2.05) is 27.0 Å². The molecule has 0 saturated carbocycles. The molecule has 2 N–H and O–H groups in total. The van der Waals surface area contributed by atoms with Crippen LogP contribution >= 0.6 is 11.3 Å². The summed E-state index contributed by atoms with van der Waals surface area (Å²) >= 11 is 1.75. The van der Waals surface area contributed by atoms with Gasteiger partial charge in [-0.2, -0.15) is 0 Å². The van der Waals surface area contributed by atoms with Crippen molar-refractivity contribution < 1.29 is 9.53 Å². The van der Waals surface area contributed by atoms with Crippen molar-refractivity contribution in [1.29, 1.82) is 0 Å². The summed E-state index contributed by atoms with van der Waals surface area (Å²) in [7, 11) is 0. The topological polar surface area (TPSA) is 71.2 Å². The highest BCUT2D eigenvalue weighted by Gasteiger charge is 2.28. The number of ether oxygens (including phenoxy) is 1. The molecule has 1 aromatic rings. The van der Waals surface area contributed by atoms with Crippen LogP contribution in [0.25, 0.3) is 5.57 Å². The van der Waals surface area contributed by atoms with Crippen molar-refractivity contribution in [1.82, 2.24) is 9.80 Å². The van der Waals surface area contributed by atoms with Crippen molar-refractivity contribution in [2.24, 2.45) is 10.7 Å². The number of hydrogen-bond donors (Lipinski definition) is 1. The first-order valence-corrected chi connectivity index (χ1v) is 11.1. The average Bonchev–Trinajstić information content (AvgIpc) is 3.18. The highest BCUT2D eigenvalue weighted by molar-refractivity contribution is 7.11. The van der Waals surface area contributed by atoms with E-state index in [1.54, 1.807) is 16.2 Å². The predicted molar refractivity (Wildman–Crippen MR) is 120 cm³/mol. The van der Waals surface area contributed by atoms with Crippen LogP contribution in [0.4, 0.5) is 4.79 Å². The van der Waals surface area contributed by atoms with Gasteiger partial charge in [0.1, 0.15) is 11.4 Å². The van der Waals surface area contributed by atoms with Crippen LogP contribution < -0.4 is 5.73 Å². The van der Waals surface area contributed by atoms with Crippen LogP contribution in [0.5, 0.6) is 0 Å². The van der Waals surface area contributed by atoms with Crippen LogP contribution in [0.2, 0.25) is 0 Å². The minimum atomic E-state index is -0.479. The fourth-order valence-corrected chi connectivity index (χ4v) is 4.33. The van der Waals surface area contributed by atoms with E-state index >= 15 is 0 Å². The van der Waals surface area contributed by atoms with E-state index in [1.165, 1.54) is 16.0 Å². The number of rotatable bonds is 2. The number of hydrogen-bond acceptors (Lipinski definition) is 6. The molecule has 0 atom stereocenters. The minimum Gasteiger partial charge on any atom is -0.444 e. The number of piperazine rings is 1. The number of amides is 1. The Morgan fingerprint density at radius 3 is 2.55 bits per heavy atom. The summed E-state index contributed by atoms with van der Waals surface area (Å²) in [4.78, 5) is 22.5. The van der Waals surface area contributed by atoms with Crippen molar-refractivity contribution in [3.05, 3.63) is 39.7 Å². The normalized spacial score (nSPS) is 24.9. The van der Waals surface area contributed by atoms with Gasteiger partial charge in [0.2, 0.25) is 0 Å². The third kappa shape index (κ3) is 5.48. The summed E-state index contributed by atoms with van der Waals surface area (Å²) in [5.74, 6) is 0.947. The van der Waals surface area contributed by atoms with Gasteiger partial charge in [0.15, 0.2) is 0 Å². The van der Waals surface area contributed by atoms with Crippen molar-refractivity contribution in [3.8, 4) is 0 Å². The molecule has 1 fully saturated rings. The summed E-state index contributed by atoms with van der Waals surface area (Å²) in [6, 6.07) is 4.23. The minimum absolute atomic E-state index is 0.248. The van der Waals surface area contributed by atoms with Gasteiger partial charge in [0.05, 0.1) is 0 Å². The molecule has 1 aromatic heterocycles. The zero-order valence-electron chi connectivity index (χ0n) is 17.9. The number of allylic oxidation sites excluding steroid dienone is 2. The van der Waals surface area contributed by atoms with Crippen molar-refractivity contribution in [2.75, 3.05) is 32.7 Å². The Morgan fingerprint density at radius 2 is 1.97 bits per heavy atom. The molecule has 3 rings (SSSR count). The smallest absolute Gasteiger partial charge is 0.410 e. The first-order valence-electron chi connectivity index (χ1n) is 10.2. The molecule has 158 valence electrons. The third-order valence-electron chi connectivity index (χ3n) is 5.17. The molecule has 0 unspecified atom stereocenters. The van der Waals surface area contributed by atoms with Gasteiger partial charge < -0.3 is 20.3 Å². The molecule has 1 amide bonds. The SMILES string of the molecule is C\C1=C(CN)/C(N2CCN(C(=O)OC(C)(C)C)CC2)=N\C=C(\c2cccs2)CC1. The second-order valence-corrected chi connectivity index (χ2v) is 9.45. The Balaban J connectivity index is 1.78. The quantitative estimate of drug-likeness (QED) is 0.788. The lowest BCUT2D eigenvalue weighted by Crippen LogP contribution is -2.52. The van der Waals surface area contributed by atoms with Gasteiger partial charge in [-0.15, -0.1) is 11.3 Å². The Kier molecular flexibility index (Phi) is 6.80. The van der Waals surface area contributed by atoms with E-state index in [0.717, 1.165) is 37.3 Å². The third-order valence-corrected chi connectivity index (χ3v) is 6.12. The summed E-state index contributed by atoms with van der Waals surface area (Å²) in [6.07, 6.45) is 3.71. The van der Waals surface area contributed by atoms with Gasteiger partial charge in [-0.1, -0.05) is 11.6 Å². The number of carbonyl (C=O) groups excluding carboxylic acids is 1. The highest BCUT2D eigenvalue weighted by Crippen LogP contribution is 2.29. The second-order valence-electron chi connectivity index (χ2n) is 8.50. The highest BCUT2D eigenvalue weighted by atomic mass is 32.1. The summed E-state index contributed by atoms with van der Waals surface area (Å²) in [5, 5.41) is 2.10. The van der Waals surface area contributed by atoms with Gasteiger partial charge in [-0.3, -0.25) is 0 Å². The van der Waals surface area contributed by atoms with Crippen LogP contribution in [-0.4, -0.2) is 60.1 Å². The molecule has 1 saturated heterocycles. The van der Waals surface area contributed by atoms with Gasteiger partial charge in [-0.25, -0.2) is 9.79 Å². The van der Waals surface area contributed by atoms with Crippen LogP contribution in [-0.2, 0) is 4.74 Å². The molecule has 6 nitrogen and oxygen atoms in total. The van der Waals surface area contributed by atoms with Crippen LogP contribution in [0.1, 0.15) is 45.4 Å². The van der Waals surface area contributed by atoms with E-state index in [-0.39, 0.29) is 6.09 Å². The molecule has 29 heavy (non-hydrogen) atoms. The Morgan fingerprint density at radius 1 is 1.24 bits per heavy atom. The lowest BCUT2D eigenvalue weighted by molar-refractivity contribution is 0.0187. The van der Waals surface area contributed by atoms with Crippen molar-refractivity contribution >= 4 is 28.8 Å². The van der Waals surface area contributed by atoms with E-state index in [2.05, 4.69) is 29.3 Å². The molecule has 0 bridgehead atoms. The van der Waals surface area contributed by atoms with Crippen molar-refractivity contribution in [2.45, 2.75) is 46.1 Å². The molecule has 0 aliphatic carbocycles. The van der Waals surface area contributed by atoms with Crippen LogP contribution in [0, 0.1) is 0 Å². The molecule has 0 aromatic carbocycles. The monoisotopic (exact) mass is 416 g/mol. The molecule has 2 aliphatic rings. The largest absolute Gasteiger partial charge is 0.444 e. The molecule has 0 spiro atoms. The Labute approximate surface area is 177 Å². The van der Waals surface area contributed by atoms with Crippen LogP contribution in [0.3, 0.4) is 0 Å². The number of nitrogens with two attached hydrogens (primary N) is 1. The zero-order chi connectivity index (χ0) is 21.0. The van der Waals surface area contributed by atoms with Gasteiger partial charge in [-0.05, 0) is 57.6 Å². The van der Waals surface area contributed by atoms with Gasteiger partial charge in [0.25, 0.3) is 0 Å².